The largest absolute Gasteiger partial charge is 0.397 e. The van der Waals surface area contributed by atoms with E-state index in [-0.39, 0.29) is 23.9 Å². The van der Waals surface area contributed by atoms with Gasteiger partial charge in [0.25, 0.3) is 0 Å². The molecule has 3 aromatic rings. The van der Waals surface area contributed by atoms with Crippen molar-refractivity contribution in [2.45, 2.75) is 32.1 Å². The van der Waals surface area contributed by atoms with E-state index in [9.17, 15) is 14.0 Å². The minimum atomic E-state index is -0.468. The number of rotatable bonds is 8. The molecular formula is C20H21FN4O2S. The molecule has 0 radical (unpaired) electrons. The number of nitrogens with two attached hydrogens (primary N) is 2. The van der Waals surface area contributed by atoms with Gasteiger partial charge in [-0.1, -0.05) is 29.9 Å². The highest BCUT2D eigenvalue weighted by atomic mass is 32.1. The third-order valence-corrected chi connectivity index (χ3v) is 5.29. The zero-order chi connectivity index (χ0) is 20.1. The molecule has 0 bridgehead atoms. The summed E-state index contributed by atoms with van der Waals surface area (Å²) in [6, 6.07) is 11.5. The number of hydrogen-bond acceptors (Lipinski definition) is 5. The lowest BCUT2D eigenvalue weighted by molar-refractivity contribution is -0.118. The number of thiazole rings is 1. The molecule has 28 heavy (non-hydrogen) atoms. The molecule has 4 N–H and O–H groups in total. The smallest absolute Gasteiger partial charge is 0.233 e. The first-order chi connectivity index (χ1) is 13.5. The van der Waals surface area contributed by atoms with Crippen molar-refractivity contribution in [2.24, 2.45) is 5.73 Å². The van der Waals surface area contributed by atoms with E-state index in [1.807, 2.05) is 24.3 Å². The van der Waals surface area contributed by atoms with Crippen molar-refractivity contribution in [3.63, 3.8) is 0 Å². The molecule has 0 aliphatic rings. The van der Waals surface area contributed by atoms with Gasteiger partial charge < -0.3 is 11.5 Å². The van der Waals surface area contributed by atoms with Crippen LogP contribution in [0.5, 0.6) is 0 Å². The fourth-order valence-electron chi connectivity index (χ4n) is 2.89. The summed E-state index contributed by atoms with van der Waals surface area (Å²) in [5.41, 5.74) is 12.5. The second kappa shape index (κ2) is 8.79. The van der Waals surface area contributed by atoms with Crippen LogP contribution in [0.15, 0.2) is 42.5 Å². The van der Waals surface area contributed by atoms with Crippen LogP contribution in [0.1, 0.15) is 32.1 Å². The first kappa shape index (κ1) is 19.8. The maximum Gasteiger partial charge on any atom is 0.233 e. The molecule has 1 heterocycles. The van der Waals surface area contributed by atoms with E-state index >= 15 is 0 Å². The number of aromatic nitrogens is 1. The van der Waals surface area contributed by atoms with E-state index in [1.54, 1.807) is 0 Å². The molecule has 1 aromatic heterocycles. The van der Waals surface area contributed by atoms with Gasteiger partial charge in [-0.3, -0.25) is 14.5 Å². The number of carbonyl (C=O) groups is 2. The second-order valence-electron chi connectivity index (χ2n) is 6.42. The van der Waals surface area contributed by atoms with E-state index in [2.05, 4.69) is 4.98 Å². The summed E-state index contributed by atoms with van der Waals surface area (Å²) in [6.07, 6.45) is 2.52. The lowest BCUT2D eigenvalue weighted by Crippen LogP contribution is -2.26. The summed E-state index contributed by atoms with van der Waals surface area (Å²) in [7, 11) is 0. The summed E-state index contributed by atoms with van der Waals surface area (Å²) >= 11 is 1.37. The van der Waals surface area contributed by atoms with Crippen molar-refractivity contribution in [3.05, 3.63) is 48.3 Å². The van der Waals surface area contributed by atoms with E-state index in [0.717, 1.165) is 10.2 Å². The van der Waals surface area contributed by atoms with Crippen LogP contribution in [0.4, 0.5) is 20.9 Å². The average Bonchev–Trinajstić information content (AvgIpc) is 3.06. The van der Waals surface area contributed by atoms with Crippen LogP contribution in [0.3, 0.4) is 0 Å². The van der Waals surface area contributed by atoms with Crippen molar-refractivity contribution >= 4 is 49.9 Å². The SMILES string of the molecule is NC(=O)CCCCCC(=O)N(c1nc2ccccc2s1)c1ccc(F)cc1N. The van der Waals surface area contributed by atoms with Crippen LogP contribution in [0, 0.1) is 5.82 Å². The molecule has 2 amide bonds. The molecule has 0 aliphatic heterocycles. The zero-order valence-electron chi connectivity index (χ0n) is 15.2. The Morgan fingerprint density at radius 1 is 1.07 bits per heavy atom. The van der Waals surface area contributed by atoms with Crippen LogP contribution < -0.4 is 16.4 Å². The molecule has 0 aliphatic carbocycles. The Labute approximate surface area is 166 Å². The van der Waals surface area contributed by atoms with Gasteiger partial charge in [0.2, 0.25) is 11.8 Å². The maximum absolute atomic E-state index is 13.5. The Hall–Kier alpha value is -3.00. The molecule has 0 atom stereocenters. The van der Waals surface area contributed by atoms with Gasteiger partial charge in [-0.05, 0) is 43.2 Å². The number of nitrogen functional groups attached to an aromatic ring is 1. The zero-order valence-corrected chi connectivity index (χ0v) is 16.0. The molecular weight excluding hydrogens is 379 g/mol. The van der Waals surface area contributed by atoms with E-state index < -0.39 is 5.82 Å². The number of amides is 2. The summed E-state index contributed by atoms with van der Waals surface area (Å²) < 4.78 is 14.4. The normalized spacial score (nSPS) is 10.9. The number of hydrogen-bond donors (Lipinski definition) is 2. The number of unbranched alkanes of at least 4 members (excludes halogenated alkanes) is 2. The minimum absolute atomic E-state index is 0.168. The highest BCUT2D eigenvalue weighted by Crippen LogP contribution is 2.36. The van der Waals surface area contributed by atoms with Gasteiger partial charge in [0.1, 0.15) is 5.82 Å². The standard InChI is InChI=1S/C20H21FN4O2S/c21-13-10-11-16(14(22)12-13)25(19(27)9-3-1-2-8-18(23)26)20-24-15-6-4-5-7-17(15)28-20/h4-7,10-12H,1-3,8-9,22H2,(H2,23,26). The molecule has 3 rings (SSSR count). The van der Waals surface area contributed by atoms with Crippen molar-refractivity contribution in [1.29, 1.82) is 0 Å². The van der Waals surface area contributed by atoms with Gasteiger partial charge >= 0.3 is 0 Å². The number of nitrogens with zero attached hydrogens (tertiary/aromatic N) is 2. The number of anilines is 3. The molecule has 0 saturated carbocycles. The Morgan fingerprint density at radius 3 is 2.54 bits per heavy atom. The second-order valence-corrected chi connectivity index (χ2v) is 7.43. The van der Waals surface area contributed by atoms with Gasteiger partial charge in [-0.2, -0.15) is 0 Å². The van der Waals surface area contributed by atoms with Gasteiger partial charge in [0, 0.05) is 12.8 Å². The Balaban J connectivity index is 1.86. The topological polar surface area (TPSA) is 102 Å². The van der Waals surface area contributed by atoms with Gasteiger partial charge in [-0.15, -0.1) is 0 Å². The molecule has 0 spiro atoms. The van der Waals surface area contributed by atoms with E-state index in [1.165, 1.54) is 34.4 Å². The molecule has 146 valence electrons. The maximum atomic E-state index is 13.5. The molecule has 6 nitrogen and oxygen atoms in total. The highest BCUT2D eigenvalue weighted by molar-refractivity contribution is 7.22. The van der Waals surface area contributed by atoms with Crippen LogP contribution in [-0.4, -0.2) is 16.8 Å². The summed E-state index contributed by atoms with van der Waals surface area (Å²) in [4.78, 5) is 29.8. The lowest BCUT2D eigenvalue weighted by Gasteiger charge is -2.21. The molecule has 0 saturated heterocycles. The Bertz CT molecular complexity index is 972. The number of halogens is 1. The van der Waals surface area contributed by atoms with Gasteiger partial charge in [0.05, 0.1) is 21.6 Å². The van der Waals surface area contributed by atoms with Crippen molar-refractivity contribution in [3.8, 4) is 0 Å². The van der Waals surface area contributed by atoms with Crippen LogP contribution in [0.25, 0.3) is 10.2 Å². The summed E-state index contributed by atoms with van der Waals surface area (Å²) in [5, 5.41) is 0.488. The third kappa shape index (κ3) is 4.64. The number of primary amides is 1. The monoisotopic (exact) mass is 400 g/mol. The van der Waals surface area contributed by atoms with Crippen LogP contribution >= 0.6 is 11.3 Å². The van der Waals surface area contributed by atoms with E-state index in [0.29, 0.717) is 36.5 Å². The number of fused-ring (bicyclic) bond motifs is 1. The Morgan fingerprint density at radius 2 is 1.82 bits per heavy atom. The molecule has 0 unspecified atom stereocenters. The quantitative estimate of drug-likeness (QED) is 0.438. The van der Waals surface area contributed by atoms with Crippen molar-refractivity contribution in [2.75, 3.05) is 10.6 Å². The molecule has 8 heteroatoms. The predicted molar refractivity (Wildman–Crippen MR) is 110 cm³/mol. The van der Waals surface area contributed by atoms with Crippen LogP contribution in [-0.2, 0) is 9.59 Å². The lowest BCUT2D eigenvalue weighted by atomic mass is 10.1. The van der Waals surface area contributed by atoms with Gasteiger partial charge in [-0.25, -0.2) is 9.37 Å². The van der Waals surface area contributed by atoms with Gasteiger partial charge in [0.15, 0.2) is 5.13 Å². The first-order valence-corrected chi connectivity index (χ1v) is 9.79. The molecule has 0 fully saturated rings. The number of para-hydroxylation sites is 1. The number of carbonyl (C=O) groups excluding carboxylic acids is 2. The number of benzene rings is 2. The van der Waals surface area contributed by atoms with Crippen molar-refractivity contribution < 1.29 is 14.0 Å². The highest BCUT2D eigenvalue weighted by Gasteiger charge is 2.23. The van der Waals surface area contributed by atoms with Crippen LogP contribution in [0.2, 0.25) is 0 Å². The fraction of sp³-hybridized carbons (Fsp3) is 0.250. The van der Waals surface area contributed by atoms with Crippen molar-refractivity contribution in [1.82, 2.24) is 4.98 Å². The average molecular weight is 400 g/mol. The predicted octanol–water partition coefficient (Wildman–Crippen LogP) is 4.12. The summed E-state index contributed by atoms with van der Waals surface area (Å²) in [6.45, 7) is 0. The van der Waals surface area contributed by atoms with E-state index in [4.69, 9.17) is 11.5 Å². The fourth-order valence-corrected chi connectivity index (χ4v) is 3.89. The minimum Gasteiger partial charge on any atom is -0.397 e. The molecule has 2 aromatic carbocycles. The first-order valence-electron chi connectivity index (χ1n) is 8.97. The Kier molecular flexibility index (Phi) is 6.20. The third-order valence-electron chi connectivity index (χ3n) is 4.27. The summed E-state index contributed by atoms with van der Waals surface area (Å²) in [5.74, 6) is -0.998.